The van der Waals surface area contributed by atoms with Gasteiger partial charge in [0.2, 0.25) is 0 Å². The molecule has 1 saturated carbocycles. The summed E-state index contributed by atoms with van der Waals surface area (Å²) >= 11 is 0. The second-order valence-electron chi connectivity index (χ2n) is 13.3. The molecule has 1 aromatic heterocycles. The van der Waals surface area contributed by atoms with Gasteiger partial charge in [-0.3, -0.25) is 4.90 Å². The second kappa shape index (κ2) is 10.8. The molecule has 4 heterocycles. The molecule has 0 spiro atoms. The van der Waals surface area contributed by atoms with Crippen molar-refractivity contribution in [2.45, 2.75) is 50.4 Å². The third kappa shape index (κ3) is 5.12. The van der Waals surface area contributed by atoms with Crippen molar-refractivity contribution in [3.63, 3.8) is 0 Å². The van der Waals surface area contributed by atoms with Crippen LogP contribution in [-0.2, 0) is 0 Å². The van der Waals surface area contributed by atoms with E-state index in [4.69, 9.17) is 16.1 Å². The van der Waals surface area contributed by atoms with Gasteiger partial charge >= 0.3 is 6.01 Å². The maximum absolute atomic E-state index is 16.8. The number of terminal acetylenes is 1. The van der Waals surface area contributed by atoms with E-state index in [1.54, 1.807) is 12.1 Å². The van der Waals surface area contributed by atoms with Gasteiger partial charge in [-0.05, 0) is 67.3 Å². The van der Waals surface area contributed by atoms with Gasteiger partial charge in [0.05, 0.1) is 12.2 Å². The van der Waals surface area contributed by atoms with Gasteiger partial charge in [0.25, 0.3) is 0 Å². The highest BCUT2D eigenvalue weighted by Crippen LogP contribution is 2.47. The van der Waals surface area contributed by atoms with E-state index in [1.165, 1.54) is 24.3 Å². The average molecular weight is 614 g/mol. The number of piperazine rings is 1. The predicted molar refractivity (Wildman–Crippen MR) is 167 cm³/mol. The number of ether oxygens (including phenoxy) is 1. The van der Waals surface area contributed by atoms with Crippen LogP contribution in [0.2, 0.25) is 0 Å². The highest BCUT2D eigenvalue weighted by Gasteiger charge is 2.46. The Morgan fingerprint density at radius 3 is 2.53 bits per heavy atom. The molecule has 3 atom stereocenters. The van der Waals surface area contributed by atoms with Crippen molar-refractivity contribution in [2.24, 2.45) is 5.41 Å². The van der Waals surface area contributed by atoms with Crippen LogP contribution in [0.15, 0.2) is 36.4 Å². The van der Waals surface area contributed by atoms with E-state index in [9.17, 15) is 13.9 Å². The number of rotatable bonds is 7. The Kier molecular flexibility index (Phi) is 6.80. The van der Waals surface area contributed by atoms with Gasteiger partial charge in [0.1, 0.15) is 29.1 Å². The van der Waals surface area contributed by atoms with Crippen LogP contribution in [0.25, 0.3) is 32.8 Å². The van der Waals surface area contributed by atoms with Crippen molar-refractivity contribution in [2.75, 3.05) is 44.2 Å². The minimum absolute atomic E-state index is 0.00231. The van der Waals surface area contributed by atoms with Crippen molar-refractivity contribution < 1.29 is 23.0 Å². The molecule has 1 aliphatic carbocycles. The topological polar surface area (TPSA) is 73.8 Å². The summed E-state index contributed by atoms with van der Waals surface area (Å²) in [6, 6.07) is 9.78. The summed E-state index contributed by atoms with van der Waals surface area (Å²) in [6.45, 7) is 3.78. The number of halogens is 3. The molecule has 2 bridgehead atoms. The Bertz CT molecular complexity index is 1860. The smallest absolute Gasteiger partial charge is 0.319 e. The van der Waals surface area contributed by atoms with Gasteiger partial charge in [-0.1, -0.05) is 18.1 Å². The number of nitrogens with one attached hydrogen (secondary N) is 1. The zero-order valence-electron chi connectivity index (χ0n) is 24.8. The molecule has 45 heavy (non-hydrogen) atoms. The van der Waals surface area contributed by atoms with Crippen molar-refractivity contribution in [1.29, 1.82) is 0 Å². The summed E-state index contributed by atoms with van der Waals surface area (Å²) in [6.07, 6.45) is 9.57. The highest BCUT2D eigenvalue weighted by molar-refractivity contribution is 6.04. The number of likely N-dealkylation sites (tertiary alicyclic amines) is 1. The first-order valence-corrected chi connectivity index (χ1v) is 15.7. The molecule has 232 valence electrons. The van der Waals surface area contributed by atoms with Gasteiger partial charge in [0.15, 0.2) is 5.82 Å². The molecule has 7 nitrogen and oxygen atoms in total. The first kappa shape index (κ1) is 28.4. The standard InChI is InChI=1S/C35H34F3N5O2/c1-2-25-29(37)8-3-20-13-24(44)14-28(30(20)25)26-6-7-27-32(31(26)38)40-34(41-33(27)43-16-22-4-5-23(17-43)39-22)45-19-35(10-11-35)18-42-12-9-21(36)15-42/h1,3,6-8,13-14,21-23,39,44H,4-5,9-12,15-19H2/t21-,22?,23?/m1/s1. The van der Waals surface area contributed by atoms with Crippen molar-refractivity contribution >= 4 is 27.5 Å². The van der Waals surface area contributed by atoms with Crippen LogP contribution in [0, 0.1) is 29.4 Å². The van der Waals surface area contributed by atoms with Crippen molar-refractivity contribution in [3.8, 4) is 35.2 Å². The number of hydrogen-bond acceptors (Lipinski definition) is 7. The number of phenols is 1. The molecule has 0 radical (unpaired) electrons. The van der Waals surface area contributed by atoms with E-state index in [-0.39, 0.29) is 39.4 Å². The predicted octanol–water partition coefficient (Wildman–Crippen LogP) is 5.56. The molecule has 10 heteroatoms. The van der Waals surface area contributed by atoms with Gasteiger partial charge < -0.3 is 20.1 Å². The number of hydrogen-bond donors (Lipinski definition) is 2. The Hall–Kier alpha value is -4.07. The van der Waals surface area contributed by atoms with Crippen LogP contribution >= 0.6 is 0 Å². The van der Waals surface area contributed by atoms with Crippen LogP contribution in [0.1, 0.15) is 37.7 Å². The number of aromatic nitrogens is 2. The lowest BCUT2D eigenvalue weighted by atomic mass is 9.93. The highest BCUT2D eigenvalue weighted by atomic mass is 19.1. The fourth-order valence-corrected chi connectivity index (χ4v) is 7.53. The van der Waals surface area contributed by atoms with Crippen LogP contribution in [-0.4, -0.2) is 77.6 Å². The number of aromatic hydroxyl groups is 1. The van der Waals surface area contributed by atoms with E-state index in [0.29, 0.717) is 53.6 Å². The molecule has 2 unspecified atom stereocenters. The molecular weight excluding hydrogens is 579 g/mol. The molecule has 0 amide bonds. The van der Waals surface area contributed by atoms with Crippen LogP contribution in [0.3, 0.4) is 0 Å². The molecular formula is C35H34F3N5O2. The molecule has 8 rings (SSSR count). The quantitative estimate of drug-likeness (QED) is 0.265. The molecule has 4 aliphatic rings. The Balaban J connectivity index is 1.22. The molecule has 4 aromatic rings. The van der Waals surface area contributed by atoms with E-state index in [1.807, 2.05) is 0 Å². The van der Waals surface area contributed by atoms with Gasteiger partial charge in [-0.25, -0.2) is 13.2 Å². The van der Waals surface area contributed by atoms with E-state index < -0.39 is 17.8 Å². The lowest BCUT2D eigenvalue weighted by Gasteiger charge is -2.34. The molecule has 2 N–H and O–H groups in total. The fraction of sp³-hybridized carbons (Fsp3) is 0.429. The second-order valence-corrected chi connectivity index (χ2v) is 13.3. The largest absolute Gasteiger partial charge is 0.508 e. The maximum atomic E-state index is 16.8. The number of phenolic OH excluding ortho intramolecular Hbond substituents is 1. The maximum Gasteiger partial charge on any atom is 0.319 e. The number of nitrogens with zero attached hydrogens (tertiary/aromatic N) is 4. The third-order valence-corrected chi connectivity index (χ3v) is 10.0. The summed E-state index contributed by atoms with van der Waals surface area (Å²) in [4.78, 5) is 13.8. The van der Waals surface area contributed by atoms with Gasteiger partial charge in [-0.15, -0.1) is 6.42 Å². The van der Waals surface area contributed by atoms with Crippen LogP contribution in [0.5, 0.6) is 11.8 Å². The monoisotopic (exact) mass is 613 g/mol. The zero-order chi connectivity index (χ0) is 30.9. The van der Waals surface area contributed by atoms with E-state index >= 15 is 4.39 Å². The number of fused-ring (bicyclic) bond motifs is 4. The van der Waals surface area contributed by atoms with Gasteiger partial charge in [0, 0.05) is 66.6 Å². The number of benzene rings is 3. The lowest BCUT2D eigenvalue weighted by molar-refractivity contribution is 0.165. The summed E-state index contributed by atoms with van der Waals surface area (Å²) < 4.78 is 51.7. The first-order chi connectivity index (χ1) is 21.8. The number of anilines is 1. The van der Waals surface area contributed by atoms with Crippen molar-refractivity contribution in [1.82, 2.24) is 20.2 Å². The lowest BCUT2D eigenvalue weighted by Crippen LogP contribution is -2.51. The minimum atomic E-state index is -0.781. The first-order valence-electron chi connectivity index (χ1n) is 15.7. The van der Waals surface area contributed by atoms with E-state index in [0.717, 1.165) is 51.9 Å². The molecule has 3 saturated heterocycles. The Labute approximate surface area is 259 Å². The van der Waals surface area contributed by atoms with Crippen LogP contribution < -0.4 is 15.0 Å². The summed E-state index contributed by atoms with van der Waals surface area (Å²) in [5.41, 5.74) is 0.395. The minimum Gasteiger partial charge on any atom is -0.508 e. The Morgan fingerprint density at radius 1 is 1.02 bits per heavy atom. The summed E-state index contributed by atoms with van der Waals surface area (Å²) in [7, 11) is 0. The molecule has 3 aromatic carbocycles. The van der Waals surface area contributed by atoms with Crippen LogP contribution in [0.4, 0.5) is 19.0 Å². The SMILES string of the molecule is C#Cc1c(F)ccc2cc(O)cc(-c3ccc4c(N5CC6CCC(C5)N6)nc(OCC5(CN6CC[C@@H](F)C6)CC5)nc4c3F)c12. The Morgan fingerprint density at radius 2 is 1.82 bits per heavy atom. The molecule has 4 fully saturated rings. The zero-order valence-corrected chi connectivity index (χ0v) is 24.8. The fourth-order valence-electron chi connectivity index (χ4n) is 7.53. The third-order valence-electron chi connectivity index (χ3n) is 10.0. The molecule has 3 aliphatic heterocycles. The summed E-state index contributed by atoms with van der Waals surface area (Å²) in [5, 5.41) is 15.6. The average Bonchev–Trinajstić information content (AvgIpc) is 3.55. The van der Waals surface area contributed by atoms with Crippen molar-refractivity contribution in [3.05, 3.63) is 53.6 Å². The number of alkyl halides is 1. The van der Waals surface area contributed by atoms with Gasteiger partial charge in [-0.2, -0.15) is 9.97 Å². The van der Waals surface area contributed by atoms with E-state index in [2.05, 4.69) is 26.0 Å². The summed E-state index contributed by atoms with van der Waals surface area (Å²) in [5.74, 6) is 1.68. The normalized spacial score (nSPS) is 24.0.